The first-order valence-electron chi connectivity index (χ1n) is 6.92. The zero-order valence-corrected chi connectivity index (χ0v) is 11.5. The number of hydrogen-bond acceptors (Lipinski definition) is 2. The fourth-order valence-electron chi connectivity index (χ4n) is 2.22. The minimum atomic E-state index is -0.0973. The minimum Gasteiger partial charge on any atom is -0.396 e. The van der Waals surface area contributed by atoms with Gasteiger partial charge < -0.3 is 10.8 Å². The van der Waals surface area contributed by atoms with Crippen molar-refractivity contribution in [3.05, 3.63) is 0 Å². The fourth-order valence-corrected chi connectivity index (χ4v) is 2.22. The quantitative estimate of drug-likeness (QED) is 0.563. The topological polar surface area (TPSA) is 46.2 Å². The Morgan fingerprint density at radius 2 is 1.56 bits per heavy atom. The van der Waals surface area contributed by atoms with Gasteiger partial charge in [-0.05, 0) is 39.0 Å². The summed E-state index contributed by atoms with van der Waals surface area (Å²) in [5.74, 6) is 0.557. The summed E-state index contributed by atoms with van der Waals surface area (Å²) >= 11 is 0. The second kappa shape index (κ2) is 9.00. The van der Waals surface area contributed by atoms with Gasteiger partial charge in [0, 0.05) is 12.1 Å². The Kier molecular flexibility index (Phi) is 8.96. The highest BCUT2D eigenvalue weighted by atomic mass is 16.2. The molecule has 16 heavy (non-hydrogen) atoms. The Hall–Kier alpha value is -0.0800. The summed E-state index contributed by atoms with van der Waals surface area (Å²) in [6.07, 6.45) is 9.80. The van der Waals surface area contributed by atoms with Crippen LogP contribution >= 0.6 is 0 Å². The SMILES string of the molecule is CCCCCCCC(CCCO)C(C)(C)N. The molecule has 98 valence electrons. The molecule has 0 aliphatic carbocycles. The van der Waals surface area contributed by atoms with Crippen LogP contribution in [0.1, 0.15) is 72.1 Å². The van der Waals surface area contributed by atoms with Gasteiger partial charge in [-0.1, -0.05) is 39.0 Å². The fraction of sp³-hybridized carbons (Fsp3) is 1.00. The molecule has 2 heteroatoms. The second-order valence-electron chi connectivity index (χ2n) is 5.59. The van der Waals surface area contributed by atoms with Crippen LogP contribution in [0.3, 0.4) is 0 Å². The summed E-state index contributed by atoms with van der Waals surface area (Å²) in [6.45, 7) is 6.76. The first-order valence-corrected chi connectivity index (χ1v) is 6.92. The number of unbranched alkanes of at least 4 members (excludes halogenated alkanes) is 4. The normalized spacial score (nSPS) is 14.1. The van der Waals surface area contributed by atoms with Crippen molar-refractivity contribution in [1.82, 2.24) is 0 Å². The largest absolute Gasteiger partial charge is 0.396 e. The third-order valence-electron chi connectivity index (χ3n) is 3.42. The first-order chi connectivity index (χ1) is 7.52. The predicted molar refractivity (Wildman–Crippen MR) is 71.5 cm³/mol. The molecule has 0 spiro atoms. The summed E-state index contributed by atoms with van der Waals surface area (Å²) in [6, 6.07) is 0. The maximum Gasteiger partial charge on any atom is 0.0431 e. The van der Waals surface area contributed by atoms with E-state index in [9.17, 15) is 0 Å². The van der Waals surface area contributed by atoms with Crippen molar-refractivity contribution in [1.29, 1.82) is 0 Å². The third kappa shape index (κ3) is 8.12. The molecule has 3 N–H and O–H groups in total. The maximum atomic E-state index is 8.88. The molecular formula is C14H31NO. The monoisotopic (exact) mass is 229 g/mol. The van der Waals surface area contributed by atoms with Crippen molar-refractivity contribution in [3.8, 4) is 0 Å². The Morgan fingerprint density at radius 1 is 1.00 bits per heavy atom. The van der Waals surface area contributed by atoms with Crippen molar-refractivity contribution in [2.24, 2.45) is 11.7 Å². The van der Waals surface area contributed by atoms with Crippen molar-refractivity contribution in [2.45, 2.75) is 77.7 Å². The van der Waals surface area contributed by atoms with Gasteiger partial charge >= 0.3 is 0 Å². The zero-order chi connectivity index (χ0) is 12.4. The maximum absolute atomic E-state index is 8.88. The lowest BCUT2D eigenvalue weighted by Gasteiger charge is -2.30. The van der Waals surface area contributed by atoms with Crippen LogP contribution in [0.25, 0.3) is 0 Å². The van der Waals surface area contributed by atoms with E-state index in [4.69, 9.17) is 10.8 Å². The van der Waals surface area contributed by atoms with Crippen LogP contribution in [0.15, 0.2) is 0 Å². The zero-order valence-electron chi connectivity index (χ0n) is 11.5. The molecule has 0 aromatic rings. The van der Waals surface area contributed by atoms with Gasteiger partial charge in [0.05, 0.1) is 0 Å². The molecule has 2 nitrogen and oxygen atoms in total. The lowest BCUT2D eigenvalue weighted by Crippen LogP contribution is -2.41. The van der Waals surface area contributed by atoms with Gasteiger partial charge in [-0.3, -0.25) is 0 Å². The van der Waals surface area contributed by atoms with Gasteiger partial charge in [-0.25, -0.2) is 0 Å². The summed E-state index contributed by atoms with van der Waals surface area (Å²) in [7, 11) is 0. The molecule has 0 rings (SSSR count). The molecule has 0 saturated carbocycles. The van der Waals surface area contributed by atoms with Crippen LogP contribution in [0.5, 0.6) is 0 Å². The van der Waals surface area contributed by atoms with Gasteiger partial charge in [0.15, 0.2) is 0 Å². The third-order valence-corrected chi connectivity index (χ3v) is 3.42. The first kappa shape index (κ1) is 15.9. The minimum absolute atomic E-state index is 0.0973. The van der Waals surface area contributed by atoms with Crippen LogP contribution in [0.2, 0.25) is 0 Å². The van der Waals surface area contributed by atoms with Gasteiger partial charge in [-0.15, -0.1) is 0 Å². The molecule has 0 heterocycles. The molecule has 0 fully saturated rings. The van der Waals surface area contributed by atoms with Crippen LogP contribution < -0.4 is 5.73 Å². The van der Waals surface area contributed by atoms with E-state index >= 15 is 0 Å². The van der Waals surface area contributed by atoms with Gasteiger partial charge in [0.25, 0.3) is 0 Å². The van der Waals surface area contributed by atoms with E-state index in [0.717, 1.165) is 12.8 Å². The molecular weight excluding hydrogens is 198 g/mol. The highest BCUT2D eigenvalue weighted by Gasteiger charge is 2.23. The van der Waals surface area contributed by atoms with Crippen molar-refractivity contribution >= 4 is 0 Å². The highest BCUT2D eigenvalue weighted by Crippen LogP contribution is 2.25. The summed E-state index contributed by atoms with van der Waals surface area (Å²) in [5, 5.41) is 8.88. The molecule has 0 bridgehead atoms. The number of aliphatic hydroxyl groups excluding tert-OH is 1. The Bertz CT molecular complexity index is 151. The van der Waals surface area contributed by atoms with Crippen LogP contribution in [-0.2, 0) is 0 Å². The van der Waals surface area contributed by atoms with Crippen molar-refractivity contribution in [2.75, 3.05) is 6.61 Å². The molecule has 1 atom stereocenters. The van der Waals surface area contributed by atoms with Gasteiger partial charge in [0.1, 0.15) is 0 Å². The van der Waals surface area contributed by atoms with Crippen molar-refractivity contribution in [3.63, 3.8) is 0 Å². The molecule has 0 radical (unpaired) electrons. The second-order valence-corrected chi connectivity index (χ2v) is 5.59. The number of hydrogen-bond donors (Lipinski definition) is 2. The van der Waals surface area contributed by atoms with Crippen LogP contribution in [0, 0.1) is 5.92 Å². The molecule has 0 aromatic carbocycles. The lowest BCUT2D eigenvalue weighted by atomic mass is 9.81. The number of aliphatic hydroxyl groups is 1. The molecule has 1 unspecified atom stereocenters. The smallest absolute Gasteiger partial charge is 0.0431 e. The molecule has 0 aromatic heterocycles. The summed E-state index contributed by atoms with van der Waals surface area (Å²) in [5.41, 5.74) is 6.08. The van der Waals surface area contributed by atoms with Crippen molar-refractivity contribution < 1.29 is 5.11 Å². The average molecular weight is 229 g/mol. The van der Waals surface area contributed by atoms with E-state index in [2.05, 4.69) is 20.8 Å². The van der Waals surface area contributed by atoms with E-state index < -0.39 is 0 Å². The Balaban J connectivity index is 3.75. The van der Waals surface area contributed by atoms with E-state index in [1.807, 2.05) is 0 Å². The lowest BCUT2D eigenvalue weighted by molar-refractivity contribution is 0.228. The Morgan fingerprint density at radius 3 is 2.06 bits per heavy atom. The number of rotatable bonds is 10. The Labute approximate surface area is 102 Å². The van der Waals surface area contributed by atoms with E-state index in [1.165, 1.54) is 38.5 Å². The van der Waals surface area contributed by atoms with E-state index in [0.29, 0.717) is 12.5 Å². The predicted octanol–water partition coefficient (Wildman–Crippen LogP) is 3.47. The average Bonchev–Trinajstić information content (AvgIpc) is 2.20. The summed E-state index contributed by atoms with van der Waals surface area (Å²) < 4.78 is 0. The van der Waals surface area contributed by atoms with E-state index in [1.54, 1.807) is 0 Å². The highest BCUT2D eigenvalue weighted by molar-refractivity contribution is 4.82. The molecule has 0 saturated heterocycles. The standard InChI is InChI=1S/C14H31NO/c1-4-5-6-7-8-10-13(11-9-12-16)14(2,3)15/h13,16H,4-12,15H2,1-3H3. The van der Waals surface area contributed by atoms with Gasteiger partial charge in [-0.2, -0.15) is 0 Å². The van der Waals surface area contributed by atoms with Crippen LogP contribution in [-0.4, -0.2) is 17.3 Å². The van der Waals surface area contributed by atoms with E-state index in [-0.39, 0.29) is 5.54 Å². The molecule has 0 aliphatic heterocycles. The number of nitrogens with two attached hydrogens (primary N) is 1. The van der Waals surface area contributed by atoms with Gasteiger partial charge in [0.2, 0.25) is 0 Å². The van der Waals surface area contributed by atoms with Crippen LogP contribution in [0.4, 0.5) is 0 Å². The molecule has 0 aliphatic rings. The summed E-state index contributed by atoms with van der Waals surface area (Å²) in [4.78, 5) is 0. The molecule has 0 amide bonds.